The van der Waals surface area contributed by atoms with Gasteiger partial charge in [-0.3, -0.25) is 9.59 Å². The first-order valence-corrected chi connectivity index (χ1v) is 6.80. The van der Waals surface area contributed by atoms with E-state index in [-0.39, 0.29) is 17.2 Å². The Kier molecular flexibility index (Phi) is 6.36. The average molecular weight is 256 g/mol. The van der Waals surface area contributed by atoms with E-state index in [1.807, 2.05) is 20.8 Å². The molecule has 0 rings (SSSR count). The van der Waals surface area contributed by atoms with Crippen molar-refractivity contribution in [3.05, 3.63) is 0 Å². The highest BCUT2D eigenvalue weighted by Crippen LogP contribution is 2.31. The number of primary amides is 1. The molecule has 0 aromatic rings. The molecular weight excluding hydrogens is 228 g/mol. The smallest absolute Gasteiger partial charge is 0.240 e. The van der Waals surface area contributed by atoms with E-state index in [9.17, 15) is 9.59 Å². The third kappa shape index (κ3) is 4.00. The molecule has 0 heterocycles. The lowest BCUT2D eigenvalue weighted by molar-refractivity contribution is -0.145. The van der Waals surface area contributed by atoms with Gasteiger partial charge in [0.05, 0.1) is 0 Å². The number of rotatable bonds is 6. The van der Waals surface area contributed by atoms with Crippen LogP contribution in [0.4, 0.5) is 0 Å². The van der Waals surface area contributed by atoms with Crippen LogP contribution in [0.25, 0.3) is 0 Å². The van der Waals surface area contributed by atoms with Gasteiger partial charge in [0.1, 0.15) is 6.04 Å². The van der Waals surface area contributed by atoms with Crippen molar-refractivity contribution in [1.29, 1.82) is 0 Å². The minimum Gasteiger partial charge on any atom is -0.368 e. The van der Waals surface area contributed by atoms with Crippen molar-refractivity contribution in [2.24, 2.45) is 17.1 Å². The van der Waals surface area contributed by atoms with Gasteiger partial charge >= 0.3 is 0 Å². The monoisotopic (exact) mass is 256 g/mol. The number of amides is 2. The van der Waals surface area contributed by atoms with Crippen LogP contribution in [0, 0.1) is 11.3 Å². The van der Waals surface area contributed by atoms with E-state index in [1.54, 1.807) is 4.90 Å². The third-order valence-electron chi connectivity index (χ3n) is 3.47. The van der Waals surface area contributed by atoms with Gasteiger partial charge in [-0.05, 0) is 25.2 Å². The first-order valence-electron chi connectivity index (χ1n) is 6.80. The summed E-state index contributed by atoms with van der Waals surface area (Å²) in [5.74, 6) is -0.458. The molecule has 0 aromatic carbocycles. The summed E-state index contributed by atoms with van der Waals surface area (Å²) >= 11 is 0. The van der Waals surface area contributed by atoms with Crippen LogP contribution in [0.1, 0.15) is 54.4 Å². The van der Waals surface area contributed by atoms with E-state index >= 15 is 0 Å². The Bertz CT molecular complexity index is 295. The van der Waals surface area contributed by atoms with E-state index in [2.05, 4.69) is 20.8 Å². The largest absolute Gasteiger partial charge is 0.368 e. The quantitative estimate of drug-likeness (QED) is 0.791. The maximum absolute atomic E-state index is 12.6. The number of carbonyl (C=O) groups is 2. The molecule has 2 atom stereocenters. The Morgan fingerprint density at radius 2 is 1.61 bits per heavy atom. The van der Waals surface area contributed by atoms with Gasteiger partial charge in [0.15, 0.2) is 0 Å². The van der Waals surface area contributed by atoms with Crippen LogP contribution in [0.3, 0.4) is 0 Å². The van der Waals surface area contributed by atoms with Gasteiger partial charge in [-0.2, -0.15) is 0 Å². The predicted molar refractivity (Wildman–Crippen MR) is 73.9 cm³/mol. The van der Waals surface area contributed by atoms with E-state index in [4.69, 9.17) is 5.73 Å². The van der Waals surface area contributed by atoms with E-state index in [1.165, 1.54) is 0 Å². The summed E-state index contributed by atoms with van der Waals surface area (Å²) in [7, 11) is 0. The van der Waals surface area contributed by atoms with Crippen LogP contribution in [0.15, 0.2) is 0 Å². The zero-order chi connectivity index (χ0) is 14.5. The molecule has 0 aliphatic rings. The van der Waals surface area contributed by atoms with Crippen molar-refractivity contribution in [1.82, 2.24) is 4.90 Å². The van der Waals surface area contributed by atoms with Crippen LogP contribution < -0.4 is 5.73 Å². The fourth-order valence-electron chi connectivity index (χ4n) is 2.46. The summed E-state index contributed by atoms with van der Waals surface area (Å²) in [6.45, 7) is 12.5. The number of likely N-dealkylation sites (N-methyl/N-ethyl adjacent to an activating group) is 1. The SMILES string of the molecule is CCC(C(N)=O)N(CC)C(=O)C(CC)C(C)(C)C. The van der Waals surface area contributed by atoms with Crippen LogP contribution in [-0.2, 0) is 9.59 Å². The lowest BCUT2D eigenvalue weighted by Crippen LogP contribution is -2.51. The summed E-state index contributed by atoms with van der Waals surface area (Å²) in [5, 5.41) is 0. The minimum atomic E-state index is -0.487. The molecule has 0 fully saturated rings. The molecule has 0 bridgehead atoms. The standard InChI is InChI=1S/C14H28N2O2/c1-7-10(14(4,5)6)13(18)16(9-3)11(8-2)12(15)17/h10-11H,7-9H2,1-6H3,(H2,15,17). The van der Waals surface area contributed by atoms with Gasteiger partial charge in [0.2, 0.25) is 11.8 Å². The Labute approximate surface area is 111 Å². The predicted octanol–water partition coefficient (Wildman–Crippen LogP) is 2.17. The van der Waals surface area contributed by atoms with Crippen molar-refractivity contribution in [3.63, 3.8) is 0 Å². The first kappa shape index (κ1) is 16.9. The van der Waals surface area contributed by atoms with Crippen LogP contribution in [0.5, 0.6) is 0 Å². The summed E-state index contributed by atoms with van der Waals surface area (Å²) < 4.78 is 0. The molecule has 0 aromatic heterocycles. The molecule has 0 saturated heterocycles. The summed E-state index contributed by atoms with van der Waals surface area (Å²) in [5.41, 5.74) is 5.28. The maximum atomic E-state index is 12.6. The number of nitrogens with two attached hydrogens (primary N) is 1. The van der Waals surface area contributed by atoms with Gasteiger partial charge in [-0.15, -0.1) is 0 Å². The van der Waals surface area contributed by atoms with Gasteiger partial charge in [-0.25, -0.2) is 0 Å². The molecule has 2 unspecified atom stereocenters. The molecule has 4 heteroatoms. The lowest BCUT2D eigenvalue weighted by atomic mass is 9.78. The average Bonchev–Trinajstić information content (AvgIpc) is 2.23. The van der Waals surface area contributed by atoms with Crippen LogP contribution >= 0.6 is 0 Å². The van der Waals surface area contributed by atoms with E-state index in [0.29, 0.717) is 13.0 Å². The Balaban J connectivity index is 5.17. The van der Waals surface area contributed by atoms with Crippen molar-refractivity contribution in [2.75, 3.05) is 6.54 Å². The normalized spacial score (nSPS) is 15.0. The summed E-state index contributed by atoms with van der Waals surface area (Å²) in [4.78, 5) is 25.6. The molecule has 0 aliphatic heterocycles. The second kappa shape index (κ2) is 6.76. The highest BCUT2D eigenvalue weighted by atomic mass is 16.2. The number of nitrogens with zero attached hydrogens (tertiary/aromatic N) is 1. The lowest BCUT2D eigenvalue weighted by Gasteiger charge is -2.36. The molecule has 2 N–H and O–H groups in total. The fraction of sp³-hybridized carbons (Fsp3) is 0.857. The molecule has 0 aliphatic carbocycles. The zero-order valence-corrected chi connectivity index (χ0v) is 12.6. The Morgan fingerprint density at radius 3 is 1.83 bits per heavy atom. The highest BCUT2D eigenvalue weighted by Gasteiger charge is 2.35. The van der Waals surface area contributed by atoms with Gasteiger partial charge in [-0.1, -0.05) is 34.6 Å². The number of hydrogen-bond acceptors (Lipinski definition) is 2. The van der Waals surface area contributed by atoms with Gasteiger partial charge in [0.25, 0.3) is 0 Å². The van der Waals surface area contributed by atoms with Gasteiger partial charge < -0.3 is 10.6 Å². The number of carbonyl (C=O) groups excluding carboxylic acids is 2. The van der Waals surface area contributed by atoms with Gasteiger partial charge in [0, 0.05) is 12.5 Å². The van der Waals surface area contributed by atoms with Crippen molar-refractivity contribution in [2.45, 2.75) is 60.4 Å². The molecule has 2 amide bonds. The maximum Gasteiger partial charge on any atom is 0.240 e. The Hall–Kier alpha value is -1.06. The van der Waals surface area contributed by atoms with Crippen LogP contribution in [0.2, 0.25) is 0 Å². The van der Waals surface area contributed by atoms with E-state index < -0.39 is 11.9 Å². The molecule has 4 nitrogen and oxygen atoms in total. The molecule has 0 radical (unpaired) electrons. The fourth-order valence-corrected chi connectivity index (χ4v) is 2.46. The van der Waals surface area contributed by atoms with Crippen molar-refractivity contribution < 1.29 is 9.59 Å². The van der Waals surface area contributed by atoms with Crippen LogP contribution in [-0.4, -0.2) is 29.3 Å². The molecule has 18 heavy (non-hydrogen) atoms. The molecule has 106 valence electrons. The minimum absolute atomic E-state index is 0.0400. The second-order valence-corrected chi connectivity index (χ2v) is 5.78. The van der Waals surface area contributed by atoms with Crippen molar-refractivity contribution in [3.8, 4) is 0 Å². The summed E-state index contributed by atoms with van der Waals surface area (Å²) in [6.07, 6.45) is 1.34. The number of hydrogen-bond donors (Lipinski definition) is 1. The van der Waals surface area contributed by atoms with Crippen molar-refractivity contribution >= 4 is 11.8 Å². The summed E-state index contributed by atoms with van der Waals surface area (Å²) in [6, 6.07) is -0.487. The van der Waals surface area contributed by atoms with E-state index in [0.717, 1.165) is 6.42 Å². The molecular formula is C14H28N2O2. The Morgan fingerprint density at radius 1 is 1.11 bits per heavy atom. The molecule has 0 saturated carbocycles. The zero-order valence-electron chi connectivity index (χ0n) is 12.6. The highest BCUT2D eigenvalue weighted by molar-refractivity contribution is 5.87. The molecule has 0 spiro atoms. The first-order chi connectivity index (χ1) is 8.20. The third-order valence-corrected chi connectivity index (χ3v) is 3.47. The second-order valence-electron chi connectivity index (χ2n) is 5.78. The topological polar surface area (TPSA) is 63.4 Å².